The van der Waals surface area contributed by atoms with Gasteiger partial charge >= 0.3 is 5.97 Å². The van der Waals surface area contributed by atoms with Gasteiger partial charge < -0.3 is 4.74 Å². The van der Waals surface area contributed by atoms with Gasteiger partial charge in [0.25, 0.3) is 0 Å². The summed E-state index contributed by atoms with van der Waals surface area (Å²) in [5, 5.41) is 1.85. The molecule has 0 amide bonds. The molecule has 0 saturated carbocycles. The Hall–Kier alpha value is -2.16. The molecule has 2 aromatic carbocycles. The van der Waals surface area contributed by atoms with Crippen molar-refractivity contribution in [1.29, 1.82) is 0 Å². The minimum Gasteiger partial charge on any atom is -0.462 e. The molecule has 0 aliphatic carbocycles. The first-order chi connectivity index (χ1) is 8.24. The first-order valence-corrected chi connectivity index (χ1v) is 5.40. The molecule has 2 aromatic rings. The second-order valence-corrected chi connectivity index (χ2v) is 3.66. The first-order valence-electron chi connectivity index (χ1n) is 5.40. The van der Waals surface area contributed by atoms with Crippen LogP contribution in [0.25, 0.3) is 10.8 Å². The summed E-state index contributed by atoms with van der Waals surface area (Å²) in [6.45, 7) is 2.14. The van der Waals surface area contributed by atoms with Crippen LogP contribution in [0.5, 0.6) is 0 Å². The monoisotopic (exact) mass is 228 g/mol. The van der Waals surface area contributed by atoms with E-state index in [4.69, 9.17) is 4.74 Å². The number of rotatable bonds is 3. The summed E-state index contributed by atoms with van der Waals surface area (Å²) >= 11 is 0. The van der Waals surface area contributed by atoms with E-state index in [9.17, 15) is 9.59 Å². The highest BCUT2D eigenvalue weighted by atomic mass is 16.5. The van der Waals surface area contributed by atoms with E-state index < -0.39 is 0 Å². The SMILES string of the molecule is CCOC(=O)c1ccc2cc(C=O)ccc2c1. The van der Waals surface area contributed by atoms with Gasteiger partial charge in [-0.2, -0.15) is 0 Å². The van der Waals surface area contributed by atoms with Crippen LogP contribution >= 0.6 is 0 Å². The largest absolute Gasteiger partial charge is 0.462 e. The van der Waals surface area contributed by atoms with E-state index in [1.807, 2.05) is 12.1 Å². The fourth-order valence-corrected chi connectivity index (χ4v) is 1.68. The van der Waals surface area contributed by atoms with Crippen LogP contribution in [-0.4, -0.2) is 18.9 Å². The van der Waals surface area contributed by atoms with Crippen LogP contribution in [0.3, 0.4) is 0 Å². The lowest BCUT2D eigenvalue weighted by atomic mass is 10.0. The van der Waals surface area contributed by atoms with Crippen molar-refractivity contribution in [3.05, 3.63) is 47.5 Å². The molecule has 86 valence electrons. The number of carbonyl (C=O) groups is 2. The third-order valence-corrected chi connectivity index (χ3v) is 2.51. The van der Waals surface area contributed by atoms with Crippen LogP contribution in [0, 0.1) is 0 Å². The maximum absolute atomic E-state index is 11.5. The van der Waals surface area contributed by atoms with Crippen molar-refractivity contribution < 1.29 is 14.3 Å². The van der Waals surface area contributed by atoms with Gasteiger partial charge in [0.05, 0.1) is 12.2 Å². The zero-order valence-corrected chi connectivity index (χ0v) is 9.47. The minimum atomic E-state index is -0.325. The molecule has 0 spiro atoms. The predicted octanol–water partition coefficient (Wildman–Crippen LogP) is 2.83. The molecular weight excluding hydrogens is 216 g/mol. The van der Waals surface area contributed by atoms with Gasteiger partial charge in [0.2, 0.25) is 0 Å². The van der Waals surface area contributed by atoms with Gasteiger partial charge in [-0.3, -0.25) is 4.79 Å². The highest BCUT2D eigenvalue weighted by molar-refractivity contribution is 5.96. The lowest BCUT2D eigenvalue weighted by Gasteiger charge is -2.04. The summed E-state index contributed by atoms with van der Waals surface area (Å²) in [5.74, 6) is -0.325. The van der Waals surface area contributed by atoms with E-state index in [0.29, 0.717) is 17.7 Å². The molecule has 0 heterocycles. The van der Waals surface area contributed by atoms with Gasteiger partial charge in [0, 0.05) is 5.56 Å². The molecule has 0 aliphatic heterocycles. The summed E-state index contributed by atoms with van der Waals surface area (Å²) in [7, 11) is 0. The first kappa shape index (κ1) is 11.3. The maximum atomic E-state index is 11.5. The van der Waals surface area contributed by atoms with E-state index in [1.165, 1.54) is 0 Å². The molecule has 0 unspecified atom stereocenters. The van der Waals surface area contributed by atoms with Crippen molar-refractivity contribution in [2.45, 2.75) is 6.92 Å². The predicted molar refractivity (Wildman–Crippen MR) is 65.3 cm³/mol. The summed E-state index contributed by atoms with van der Waals surface area (Å²) in [4.78, 5) is 22.2. The van der Waals surface area contributed by atoms with Gasteiger partial charge in [0.15, 0.2) is 0 Å². The smallest absolute Gasteiger partial charge is 0.338 e. The fraction of sp³-hybridized carbons (Fsp3) is 0.143. The Bertz CT molecular complexity index is 573. The molecule has 0 fully saturated rings. The zero-order chi connectivity index (χ0) is 12.3. The summed E-state index contributed by atoms with van der Waals surface area (Å²) in [6, 6.07) is 10.6. The van der Waals surface area contributed by atoms with E-state index in [1.54, 1.807) is 31.2 Å². The highest BCUT2D eigenvalue weighted by Gasteiger charge is 2.06. The van der Waals surface area contributed by atoms with Crippen LogP contribution in [0.4, 0.5) is 0 Å². The van der Waals surface area contributed by atoms with Crippen molar-refractivity contribution >= 4 is 23.0 Å². The lowest BCUT2D eigenvalue weighted by Crippen LogP contribution is -2.04. The van der Waals surface area contributed by atoms with Crippen LogP contribution in [0.15, 0.2) is 36.4 Å². The average molecular weight is 228 g/mol. The van der Waals surface area contributed by atoms with Gasteiger partial charge in [0.1, 0.15) is 6.29 Å². The fourth-order valence-electron chi connectivity index (χ4n) is 1.68. The number of hydrogen-bond acceptors (Lipinski definition) is 3. The van der Waals surface area contributed by atoms with E-state index in [0.717, 1.165) is 17.1 Å². The Morgan fingerprint density at radius 1 is 1.18 bits per heavy atom. The molecule has 0 radical (unpaired) electrons. The average Bonchev–Trinajstić information content (AvgIpc) is 2.37. The molecular formula is C14H12O3. The molecule has 2 rings (SSSR count). The number of ether oxygens (including phenoxy) is 1. The van der Waals surface area contributed by atoms with Gasteiger partial charge in [-0.15, -0.1) is 0 Å². The van der Waals surface area contributed by atoms with E-state index in [2.05, 4.69) is 0 Å². The number of esters is 1. The summed E-state index contributed by atoms with van der Waals surface area (Å²) < 4.78 is 4.93. The second kappa shape index (κ2) is 4.78. The molecule has 3 heteroatoms. The van der Waals surface area contributed by atoms with Crippen molar-refractivity contribution in [2.75, 3.05) is 6.61 Å². The van der Waals surface area contributed by atoms with E-state index >= 15 is 0 Å². The molecule has 0 bridgehead atoms. The molecule has 0 aliphatic rings. The third kappa shape index (κ3) is 2.33. The minimum absolute atomic E-state index is 0.325. The molecule has 0 N–H and O–H groups in total. The van der Waals surface area contributed by atoms with E-state index in [-0.39, 0.29) is 5.97 Å². The second-order valence-electron chi connectivity index (χ2n) is 3.66. The number of fused-ring (bicyclic) bond motifs is 1. The zero-order valence-electron chi connectivity index (χ0n) is 9.47. The molecule has 0 saturated heterocycles. The van der Waals surface area contributed by atoms with Crippen molar-refractivity contribution in [3.8, 4) is 0 Å². The number of hydrogen-bond donors (Lipinski definition) is 0. The van der Waals surface area contributed by atoms with Crippen LogP contribution in [-0.2, 0) is 4.74 Å². The normalized spacial score (nSPS) is 10.2. The Kier molecular flexibility index (Phi) is 3.19. The Balaban J connectivity index is 2.44. The van der Waals surface area contributed by atoms with Crippen LogP contribution < -0.4 is 0 Å². The standard InChI is InChI=1S/C14H12O3/c1-2-17-14(16)13-6-5-11-7-10(9-15)3-4-12(11)8-13/h3-9H,2H2,1H3. The topological polar surface area (TPSA) is 43.4 Å². The molecule has 17 heavy (non-hydrogen) atoms. The molecule has 0 aromatic heterocycles. The Morgan fingerprint density at radius 3 is 2.59 bits per heavy atom. The highest BCUT2D eigenvalue weighted by Crippen LogP contribution is 2.18. The van der Waals surface area contributed by atoms with Gasteiger partial charge in [-0.25, -0.2) is 4.79 Å². The lowest BCUT2D eigenvalue weighted by molar-refractivity contribution is 0.0526. The molecule has 3 nitrogen and oxygen atoms in total. The summed E-state index contributed by atoms with van der Waals surface area (Å²) in [5.41, 5.74) is 1.15. The maximum Gasteiger partial charge on any atom is 0.338 e. The number of carbonyl (C=O) groups excluding carboxylic acids is 2. The van der Waals surface area contributed by atoms with Crippen molar-refractivity contribution in [2.24, 2.45) is 0 Å². The quantitative estimate of drug-likeness (QED) is 0.599. The van der Waals surface area contributed by atoms with Crippen LogP contribution in [0.2, 0.25) is 0 Å². The Labute approximate surface area is 99.0 Å². The Morgan fingerprint density at radius 2 is 1.88 bits per heavy atom. The van der Waals surface area contributed by atoms with Gasteiger partial charge in [-0.05, 0) is 35.9 Å². The van der Waals surface area contributed by atoms with Crippen LogP contribution in [0.1, 0.15) is 27.6 Å². The third-order valence-electron chi connectivity index (χ3n) is 2.51. The number of aldehydes is 1. The molecule has 0 atom stereocenters. The summed E-state index contributed by atoms with van der Waals surface area (Å²) in [6.07, 6.45) is 0.804. The van der Waals surface area contributed by atoms with Crippen molar-refractivity contribution in [3.63, 3.8) is 0 Å². The number of benzene rings is 2. The van der Waals surface area contributed by atoms with Gasteiger partial charge in [-0.1, -0.05) is 18.2 Å². The van der Waals surface area contributed by atoms with Crippen molar-refractivity contribution in [1.82, 2.24) is 0 Å².